The van der Waals surface area contributed by atoms with Crippen LogP contribution in [0.5, 0.6) is 0 Å². The molecule has 3 atom stereocenters. The van der Waals surface area contributed by atoms with E-state index in [1.54, 1.807) is 27.0 Å². The third-order valence-electron chi connectivity index (χ3n) is 5.69. The zero-order valence-corrected chi connectivity index (χ0v) is 16.2. The van der Waals surface area contributed by atoms with Gasteiger partial charge in [0.25, 0.3) is 0 Å². The molecule has 9 nitrogen and oxygen atoms in total. The van der Waals surface area contributed by atoms with Gasteiger partial charge >= 0.3 is 5.97 Å². The van der Waals surface area contributed by atoms with Crippen LogP contribution in [-0.2, 0) is 25.7 Å². The van der Waals surface area contributed by atoms with Crippen LogP contribution in [0.25, 0.3) is 0 Å². The van der Waals surface area contributed by atoms with Crippen molar-refractivity contribution in [3.63, 3.8) is 0 Å². The highest BCUT2D eigenvalue weighted by atomic mass is 16.5. The maximum Gasteiger partial charge on any atom is 0.311 e. The smallest absolute Gasteiger partial charge is 0.311 e. The highest BCUT2D eigenvalue weighted by Gasteiger charge is 2.51. The molecule has 0 unspecified atom stereocenters. The first kappa shape index (κ1) is 19.1. The summed E-state index contributed by atoms with van der Waals surface area (Å²) in [4.78, 5) is 41.5. The van der Waals surface area contributed by atoms with Gasteiger partial charge in [-0.1, -0.05) is 30.3 Å². The summed E-state index contributed by atoms with van der Waals surface area (Å²) in [5, 5.41) is 7.44. The molecule has 2 aliphatic rings. The fraction of sp³-hybridized carbons (Fsp3) is 0.450. The lowest BCUT2D eigenvalue weighted by atomic mass is 9.93. The maximum atomic E-state index is 13.0. The highest BCUT2D eigenvalue weighted by molar-refractivity contribution is 5.88. The van der Waals surface area contributed by atoms with E-state index >= 15 is 0 Å². The molecule has 9 heteroatoms. The van der Waals surface area contributed by atoms with Gasteiger partial charge in [0.1, 0.15) is 12.7 Å². The Balaban J connectivity index is 1.51. The average molecular weight is 397 g/mol. The number of hydrogen-bond acceptors (Lipinski definition) is 6. The van der Waals surface area contributed by atoms with Crippen molar-refractivity contribution in [2.24, 2.45) is 5.92 Å². The topological polar surface area (TPSA) is 97.6 Å². The fourth-order valence-electron chi connectivity index (χ4n) is 4.37. The minimum atomic E-state index is -0.441. The van der Waals surface area contributed by atoms with E-state index in [1.807, 2.05) is 30.3 Å². The molecule has 2 aromatic rings. The molecular formula is C20H23N5O4. The number of ether oxygens (including phenoxy) is 1. The normalized spacial score (nSPS) is 23.8. The number of rotatable bonds is 5. The first-order chi connectivity index (χ1) is 14.1. The summed E-state index contributed by atoms with van der Waals surface area (Å²) in [6.07, 6.45) is 3.85. The molecule has 0 saturated carbocycles. The standard InChI is InChI=1S/C20H23N5O4/c1-29-20(28)16-9-15-10-24(17(26)7-8-23-12-21-22-13-23)11-18(27)25(15)19(16)14-5-3-2-4-6-14/h2-6,12-13,15-16,19H,7-11H2,1H3/t15-,16-,19-/m0/s1. The number of methoxy groups -OCH3 is 1. The third-order valence-corrected chi connectivity index (χ3v) is 5.69. The molecule has 0 aliphatic carbocycles. The summed E-state index contributed by atoms with van der Waals surface area (Å²) < 4.78 is 6.74. The van der Waals surface area contributed by atoms with Gasteiger partial charge in [-0.2, -0.15) is 0 Å². The first-order valence-corrected chi connectivity index (χ1v) is 9.62. The van der Waals surface area contributed by atoms with Gasteiger partial charge in [-0.05, 0) is 12.0 Å². The molecule has 4 rings (SSSR count). The van der Waals surface area contributed by atoms with Gasteiger partial charge < -0.3 is 19.1 Å². The Hall–Kier alpha value is -3.23. The van der Waals surface area contributed by atoms with Gasteiger partial charge in [0.05, 0.1) is 31.7 Å². The number of aromatic nitrogens is 3. The van der Waals surface area contributed by atoms with E-state index in [9.17, 15) is 14.4 Å². The van der Waals surface area contributed by atoms with Crippen LogP contribution in [0.3, 0.4) is 0 Å². The van der Waals surface area contributed by atoms with Crippen molar-refractivity contribution in [2.75, 3.05) is 20.2 Å². The Morgan fingerprint density at radius 1 is 1.17 bits per heavy atom. The van der Waals surface area contributed by atoms with E-state index in [-0.39, 0.29) is 42.8 Å². The number of amides is 2. The van der Waals surface area contributed by atoms with E-state index in [1.165, 1.54) is 7.11 Å². The largest absolute Gasteiger partial charge is 0.469 e. The number of piperazine rings is 1. The van der Waals surface area contributed by atoms with Crippen molar-refractivity contribution in [3.05, 3.63) is 48.5 Å². The van der Waals surface area contributed by atoms with E-state index in [4.69, 9.17) is 4.74 Å². The van der Waals surface area contributed by atoms with E-state index in [2.05, 4.69) is 10.2 Å². The lowest BCUT2D eigenvalue weighted by Gasteiger charge is -2.40. The van der Waals surface area contributed by atoms with Gasteiger partial charge in [-0.15, -0.1) is 10.2 Å². The average Bonchev–Trinajstić information content (AvgIpc) is 3.40. The van der Waals surface area contributed by atoms with Crippen LogP contribution in [-0.4, -0.2) is 68.6 Å². The second-order valence-corrected chi connectivity index (χ2v) is 7.40. The quantitative estimate of drug-likeness (QED) is 0.687. The molecule has 0 radical (unpaired) electrons. The van der Waals surface area contributed by atoms with Crippen molar-refractivity contribution in [1.82, 2.24) is 24.6 Å². The Bertz CT molecular complexity index is 886. The summed E-state index contributed by atoms with van der Waals surface area (Å²) in [6.45, 7) is 0.903. The summed E-state index contributed by atoms with van der Waals surface area (Å²) >= 11 is 0. The van der Waals surface area contributed by atoms with Crippen molar-refractivity contribution >= 4 is 17.8 Å². The number of aryl methyl sites for hydroxylation is 1. The second-order valence-electron chi connectivity index (χ2n) is 7.40. The van der Waals surface area contributed by atoms with Crippen molar-refractivity contribution < 1.29 is 19.1 Å². The van der Waals surface area contributed by atoms with Crippen LogP contribution < -0.4 is 0 Å². The van der Waals surface area contributed by atoms with Crippen molar-refractivity contribution in [2.45, 2.75) is 31.5 Å². The number of benzene rings is 1. The number of hydrogen-bond donors (Lipinski definition) is 0. The molecule has 1 aromatic carbocycles. The number of carbonyl (C=O) groups is 3. The van der Waals surface area contributed by atoms with Crippen LogP contribution in [0.15, 0.2) is 43.0 Å². The number of carbonyl (C=O) groups excluding carboxylic acids is 3. The monoisotopic (exact) mass is 397 g/mol. The van der Waals surface area contributed by atoms with Crippen LogP contribution in [0.1, 0.15) is 24.4 Å². The summed E-state index contributed by atoms with van der Waals surface area (Å²) in [5.74, 6) is -1.00. The molecule has 2 fully saturated rings. The third kappa shape index (κ3) is 3.72. The van der Waals surface area contributed by atoms with Crippen molar-refractivity contribution in [3.8, 4) is 0 Å². The zero-order chi connectivity index (χ0) is 20.4. The summed E-state index contributed by atoms with van der Waals surface area (Å²) in [5.41, 5.74) is 0.908. The number of esters is 1. The van der Waals surface area contributed by atoms with Crippen molar-refractivity contribution in [1.29, 1.82) is 0 Å². The van der Waals surface area contributed by atoms with Crippen LogP contribution >= 0.6 is 0 Å². The minimum Gasteiger partial charge on any atom is -0.469 e. The number of fused-ring (bicyclic) bond motifs is 1. The molecule has 152 valence electrons. The maximum absolute atomic E-state index is 13.0. The molecule has 2 saturated heterocycles. The predicted octanol–water partition coefficient (Wildman–Crippen LogP) is 0.642. The van der Waals surface area contributed by atoms with Gasteiger partial charge in [-0.25, -0.2) is 0 Å². The molecule has 0 bridgehead atoms. The molecule has 29 heavy (non-hydrogen) atoms. The fourth-order valence-corrected chi connectivity index (χ4v) is 4.37. The Morgan fingerprint density at radius 3 is 2.59 bits per heavy atom. The Labute approximate surface area is 168 Å². The molecule has 0 N–H and O–H groups in total. The first-order valence-electron chi connectivity index (χ1n) is 9.62. The lowest BCUT2D eigenvalue weighted by molar-refractivity contribution is -0.151. The Kier molecular flexibility index (Phi) is 5.28. The predicted molar refractivity (Wildman–Crippen MR) is 101 cm³/mol. The number of nitrogens with zero attached hydrogens (tertiary/aromatic N) is 5. The zero-order valence-electron chi connectivity index (χ0n) is 16.2. The summed E-state index contributed by atoms with van der Waals surface area (Å²) in [6, 6.07) is 8.97. The van der Waals surface area contributed by atoms with E-state index < -0.39 is 5.92 Å². The molecule has 2 amide bonds. The van der Waals surface area contributed by atoms with Crippen LogP contribution in [0.4, 0.5) is 0 Å². The van der Waals surface area contributed by atoms with E-state index in [0.717, 1.165) is 5.56 Å². The van der Waals surface area contributed by atoms with Gasteiger partial charge in [0.2, 0.25) is 11.8 Å². The molecule has 3 heterocycles. The highest BCUT2D eigenvalue weighted by Crippen LogP contribution is 2.43. The Morgan fingerprint density at radius 2 is 1.90 bits per heavy atom. The molecule has 1 aromatic heterocycles. The molecule has 0 spiro atoms. The lowest BCUT2D eigenvalue weighted by Crippen LogP contribution is -2.56. The summed E-state index contributed by atoms with van der Waals surface area (Å²) in [7, 11) is 1.37. The van der Waals surface area contributed by atoms with Gasteiger partial charge in [0.15, 0.2) is 0 Å². The van der Waals surface area contributed by atoms with Crippen LogP contribution in [0.2, 0.25) is 0 Å². The molecule has 2 aliphatic heterocycles. The second kappa shape index (κ2) is 8.02. The van der Waals surface area contributed by atoms with Crippen LogP contribution in [0, 0.1) is 5.92 Å². The van der Waals surface area contributed by atoms with Gasteiger partial charge in [0, 0.05) is 19.5 Å². The van der Waals surface area contributed by atoms with E-state index in [0.29, 0.717) is 19.5 Å². The minimum absolute atomic E-state index is 0.0226. The molecular weight excluding hydrogens is 374 g/mol. The van der Waals surface area contributed by atoms with Gasteiger partial charge in [-0.3, -0.25) is 14.4 Å². The SMILES string of the molecule is COC(=O)[C@H]1C[C@H]2CN(C(=O)CCn3cnnc3)CC(=O)N2[C@H]1c1ccccc1.